The Morgan fingerprint density at radius 3 is 3.23 bits per heavy atom. The molecule has 0 spiro atoms. The van der Waals surface area contributed by atoms with Crippen LogP contribution in [-0.2, 0) is 16.0 Å². The number of aromatic nitrogens is 1. The molecule has 68 valence electrons. The van der Waals surface area contributed by atoms with E-state index in [4.69, 9.17) is 10.00 Å². The fourth-order valence-electron chi connectivity index (χ4n) is 1.03. The van der Waals surface area contributed by atoms with Gasteiger partial charge in [0.05, 0.1) is 12.5 Å². The number of rotatable bonds is 4. The Balaban J connectivity index is 2.68. The van der Waals surface area contributed by atoms with Crippen LogP contribution in [0.3, 0.4) is 0 Å². The predicted octanol–water partition coefficient (Wildman–Crippen LogP) is 1.25. The molecule has 1 heterocycles. The van der Waals surface area contributed by atoms with Crippen LogP contribution in [0.4, 0.5) is 0 Å². The van der Waals surface area contributed by atoms with Crippen molar-refractivity contribution in [2.24, 2.45) is 0 Å². The summed E-state index contributed by atoms with van der Waals surface area (Å²) < 4.78 is 6.46. The van der Waals surface area contributed by atoms with Crippen LogP contribution in [0, 0.1) is 11.3 Å². The number of hydrogen-bond donors (Lipinski definition) is 0. The largest absolute Gasteiger partial charge is 0.444 e. The number of ether oxygens (including phenoxy) is 1. The molecule has 0 aliphatic heterocycles. The Labute approximate surface area is 76.3 Å². The lowest BCUT2D eigenvalue weighted by atomic mass is 10.3. The molecule has 0 N–H and O–H groups in total. The molecule has 13 heavy (non-hydrogen) atoms. The fraction of sp³-hybridized carbons (Fsp3) is 0.333. The zero-order valence-electron chi connectivity index (χ0n) is 7.30. The lowest BCUT2D eigenvalue weighted by molar-refractivity contribution is -0.136. The monoisotopic (exact) mass is 178 g/mol. The maximum absolute atomic E-state index is 10.0. The molecule has 0 saturated heterocycles. The number of carbonyl (C=O) groups excluding carboxylic acids is 1. The molecule has 1 unspecified atom stereocenters. The van der Waals surface area contributed by atoms with Crippen molar-refractivity contribution in [3.05, 3.63) is 24.0 Å². The Bertz CT molecular complexity index is 325. The van der Waals surface area contributed by atoms with Crippen LogP contribution >= 0.6 is 0 Å². The summed E-state index contributed by atoms with van der Waals surface area (Å²) in [4.78, 5) is 10.0. The van der Waals surface area contributed by atoms with Gasteiger partial charge in [-0.1, -0.05) is 0 Å². The van der Waals surface area contributed by atoms with Gasteiger partial charge in [0.2, 0.25) is 0 Å². The summed E-state index contributed by atoms with van der Waals surface area (Å²) in [6.07, 6.45) is 3.63. The van der Waals surface area contributed by atoms with Gasteiger partial charge in [-0.15, -0.1) is 0 Å². The van der Waals surface area contributed by atoms with Crippen molar-refractivity contribution in [3.8, 4) is 6.07 Å². The second kappa shape index (κ2) is 4.31. The summed E-state index contributed by atoms with van der Waals surface area (Å²) in [5.74, 6) is 0. The van der Waals surface area contributed by atoms with Crippen LogP contribution in [0.25, 0.3) is 0 Å². The van der Waals surface area contributed by atoms with Gasteiger partial charge in [-0.25, -0.2) is 0 Å². The van der Waals surface area contributed by atoms with Gasteiger partial charge in [0.15, 0.2) is 6.23 Å². The molecule has 4 nitrogen and oxygen atoms in total. The van der Waals surface area contributed by atoms with E-state index in [1.807, 2.05) is 12.1 Å². The van der Waals surface area contributed by atoms with Gasteiger partial charge in [-0.05, 0) is 18.6 Å². The highest BCUT2D eigenvalue weighted by Gasteiger charge is 2.03. The zero-order chi connectivity index (χ0) is 9.68. The topological polar surface area (TPSA) is 55.0 Å². The van der Waals surface area contributed by atoms with Gasteiger partial charge in [0.25, 0.3) is 6.47 Å². The smallest absolute Gasteiger partial charge is 0.295 e. The van der Waals surface area contributed by atoms with Crippen molar-refractivity contribution in [2.75, 3.05) is 0 Å². The highest BCUT2D eigenvalue weighted by atomic mass is 16.5. The number of nitriles is 1. The minimum absolute atomic E-state index is 0.315. The third kappa shape index (κ3) is 2.34. The van der Waals surface area contributed by atoms with Gasteiger partial charge in [0, 0.05) is 12.4 Å². The lowest BCUT2D eigenvalue weighted by Crippen LogP contribution is -2.05. The molecular weight excluding hydrogens is 168 g/mol. The first-order valence-electron chi connectivity index (χ1n) is 3.90. The van der Waals surface area contributed by atoms with Gasteiger partial charge < -0.3 is 9.30 Å². The summed E-state index contributed by atoms with van der Waals surface area (Å²) in [6.45, 7) is 2.17. The van der Waals surface area contributed by atoms with Crippen molar-refractivity contribution >= 4 is 6.47 Å². The Hall–Kier alpha value is -1.76. The van der Waals surface area contributed by atoms with E-state index in [1.165, 1.54) is 0 Å². The Morgan fingerprint density at radius 1 is 1.85 bits per heavy atom. The van der Waals surface area contributed by atoms with Crippen LogP contribution < -0.4 is 0 Å². The van der Waals surface area contributed by atoms with Crippen LogP contribution in [-0.4, -0.2) is 11.0 Å². The molecule has 1 atom stereocenters. The second-order valence-electron chi connectivity index (χ2n) is 2.63. The highest BCUT2D eigenvalue weighted by Crippen LogP contribution is 2.09. The second-order valence-corrected chi connectivity index (χ2v) is 2.63. The fourth-order valence-corrected chi connectivity index (χ4v) is 1.03. The predicted molar refractivity (Wildman–Crippen MR) is 45.6 cm³/mol. The molecule has 0 aliphatic rings. The van der Waals surface area contributed by atoms with E-state index in [9.17, 15) is 4.79 Å². The van der Waals surface area contributed by atoms with E-state index in [0.29, 0.717) is 12.9 Å². The molecule has 1 rings (SSSR count). The van der Waals surface area contributed by atoms with Crippen LogP contribution in [0.1, 0.15) is 18.7 Å². The third-order valence-corrected chi connectivity index (χ3v) is 1.73. The quantitative estimate of drug-likeness (QED) is 0.652. The molecule has 1 aromatic heterocycles. The average Bonchev–Trinajstić information content (AvgIpc) is 2.54. The molecule has 4 heteroatoms. The van der Waals surface area contributed by atoms with E-state index in [1.54, 1.807) is 23.9 Å². The van der Waals surface area contributed by atoms with Crippen LogP contribution in [0.15, 0.2) is 18.5 Å². The third-order valence-electron chi connectivity index (χ3n) is 1.73. The zero-order valence-corrected chi connectivity index (χ0v) is 7.30. The van der Waals surface area contributed by atoms with Crippen molar-refractivity contribution in [1.82, 2.24) is 4.57 Å². The first kappa shape index (κ1) is 9.33. The maximum Gasteiger partial charge on any atom is 0.295 e. The van der Waals surface area contributed by atoms with E-state index in [0.717, 1.165) is 5.56 Å². The van der Waals surface area contributed by atoms with E-state index in [-0.39, 0.29) is 6.23 Å². The molecule has 0 bridgehead atoms. The first-order chi connectivity index (χ1) is 6.27. The number of nitrogens with zero attached hydrogens (tertiary/aromatic N) is 2. The minimum Gasteiger partial charge on any atom is -0.444 e. The molecule has 0 saturated carbocycles. The van der Waals surface area contributed by atoms with Crippen molar-refractivity contribution < 1.29 is 9.53 Å². The summed E-state index contributed by atoms with van der Waals surface area (Å²) in [6, 6.07) is 3.87. The van der Waals surface area contributed by atoms with Gasteiger partial charge >= 0.3 is 0 Å². The minimum atomic E-state index is -0.315. The standard InChI is InChI=1S/C9H10N2O2/c1-8(13-7-12)11-5-3-9(6-11)2-4-10/h3,5-8H,2H2,1H3. The van der Waals surface area contributed by atoms with Crippen molar-refractivity contribution in [1.29, 1.82) is 5.26 Å². The summed E-state index contributed by atoms with van der Waals surface area (Å²) in [5, 5.41) is 8.42. The summed E-state index contributed by atoms with van der Waals surface area (Å²) in [5.41, 5.74) is 0.920. The van der Waals surface area contributed by atoms with E-state index in [2.05, 4.69) is 0 Å². The molecule has 0 fully saturated rings. The molecule has 0 aliphatic carbocycles. The molecule has 0 amide bonds. The van der Waals surface area contributed by atoms with Gasteiger partial charge in [-0.3, -0.25) is 4.79 Å². The van der Waals surface area contributed by atoms with Crippen molar-refractivity contribution in [3.63, 3.8) is 0 Å². The molecule has 0 radical (unpaired) electrons. The number of carbonyl (C=O) groups is 1. The lowest BCUT2D eigenvalue weighted by Gasteiger charge is -2.10. The summed E-state index contributed by atoms with van der Waals surface area (Å²) >= 11 is 0. The van der Waals surface area contributed by atoms with Crippen molar-refractivity contribution in [2.45, 2.75) is 19.6 Å². The molecule has 1 aromatic rings. The van der Waals surface area contributed by atoms with Gasteiger partial charge in [0.1, 0.15) is 0 Å². The average molecular weight is 178 g/mol. The SMILES string of the molecule is CC(OC=O)n1ccc(CC#N)c1. The molecular formula is C9H10N2O2. The van der Waals surface area contributed by atoms with Crippen LogP contribution in [0.2, 0.25) is 0 Å². The number of hydrogen-bond acceptors (Lipinski definition) is 3. The van der Waals surface area contributed by atoms with Crippen LogP contribution in [0.5, 0.6) is 0 Å². The normalized spacial score (nSPS) is 11.7. The first-order valence-corrected chi connectivity index (χ1v) is 3.90. The Kier molecular flexibility index (Phi) is 3.09. The van der Waals surface area contributed by atoms with E-state index < -0.39 is 0 Å². The van der Waals surface area contributed by atoms with Gasteiger partial charge in [-0.2, -0.15) is 5.26 Å². The van der Waals surface area contributed by atoms with E-state index >= 15 is 0 Å². The maximum atomic E-state index is 10.0. The Morgan fingerprint density at radius 2 is 2.62 bits per heavy atom. The summed E-state index contributed by atoms with van der Waals surface area (Å²) in [7, 11) is 0. The molecule has 0 aromatic carbocycles. The highest BCUT2D eigenvalue weighted by molar-refractivity contribution is 5.37.